The van der Waals surface area contributed by atoms with Crippen molar-refractivity contribution in [2.45, 2.75) is 38.1 Å². The van der Waals surface area contributed by atoms with Crippen molar-refractivity contribution in [3.05, 3.63) is 29.8 Å². The fraction of sp³-hybridized carbons (Fsp3) is 0.588. The molecule has 2 rings (SSSR count). The SMILES string of the molecule is C[C@H](Oc1ccccc1C(F)(F)F)C(=O)N(C)C1CCN(C)CC1. The van der Waals surface area contributed by atoms with Crippen LogP contribution in [0.25, 0.3) is 0 Å². The van der Waals surface area contributed by atoms with E-state index >= 15 is 0 Å². The van der Waals surface area contributed by atoms with E-state index in [1.807, 2.05) is 7.05 Å². The number of alkyl halides is 3. The molecule has 0 radical (unpaired) electrons. The molecule has 1 atom stereocenters. The Morgan fingerprint density at radius 1 is 1.29 bits per heavy atom. The number of halogens is 3. The maximum Gasteiger partial charge on any atom is 0.419 e. The second-order valence-corrected chi connectivity index (χ2v) is 6.24. The van der Waals surface area contributed by atoms with Gasteiger partial charge >= 0.3 is 6.18 Å². The fourth-order valence-electron chi connectivity index (χ4n) is 2.89. The van der Waals surface area contributed by atoms with Gasteiger partial charge in [-0.2, -0.15) is 13.2 Å². The number of amides is 1. The Labute approximate surface area is 140 Å². The van der Waals surface area contributed by atoms with Gasteiger partial charge in [-0.15, -0.1) is 0 Å². The van der Waals surface area contributed by atoms with Crippen LogP contribution in [0.3, 0.4) is 0 Å². The molecule has 0 aromatic heterocycles. The first-order valence-electron chi connectivity index (χ1n) is 7.98. The molecule has 0 saturated carbocycles. The van der Waals surface area contributed by atoms with Gasteiger partial charge in [0.05, 0.1) is 5.56 Å². The van der Waals surface area contributed by atoms with E-state index in [1.54, 1.807) is 11.9 Å². The third-order valence-electron chi connectivity index (χ3n) is 4.43. The summed E-state index contributed by atoms with van der Waals surface area (Å²) in [6.07, 6.45) is -3.79. The molecule has 24 heavy (non-hydrogen) atoms. The summed E-state index contributed by atoms with van der Waals surface area (Å²) in [5.41, 5.74) is -0.869. The molecule has 134 valence electrons. The molecule has 1 aliphatic rings. The number of piperidine rings is 1. The summed E-state index contributed by atoms with van der Waals surface area (Å²) in [5.74, 6) is -0.621. The van der Waals surface area contributed by atoms with Crippen LogP contribution in [0.1, 0.15) is 25.3 Å². The zero-order chi connectivity index (χ0) is 17.9. The van der Waals surface area contributed by atoms with Gasteiger partial charge < -0.3 is 14.5 Å². The van der Waals surface area contributed by atoms with E-state index in [4.69, 9.17) is 4.74 Å². The van der Waals surface area contributed by atoms with E-state index in [9.17, 15) is 18.0 Å². The van der Waals surface area contributed by atoms with Crippen molar-refractivity contribution >= 4 is 5.91 Å². The highest BCUT2D eigenvalue weighted by molar-refractivity contribution is 5.81. The summed E-state index contributed by atoms with van der Waals surface area (Å²) in [5, 5.41) is 0. The highest BCUT2D eigenvalue weighted by atomic mass is 19.4. The van der Waals surface area contributed by atoms with Gasteiger partial charge in [0.2, 0.25) is 0 Å². The number of likely N-dealkylation sites (tertiary alicyclic amines) is 1. The number of nitrogens with zero attached hydrogens (tertiary/aromatic N) is 2. The normalized spacial score (nSPS) is 18.2. The highest BCUT2D eigenvalue weighted by Gasteiger charge is 2.35. The van der Waals surface area contributed by atoms with Gasteiger partial charge in [0.1, 0.15) is 5.75 Å². The van der Waals surface area contributed by atoms with Crippen LogP contribution in [-0.4, -0.2) is 55.0 Å². The van der Waals surface area contributed by atoms with Gasteiger partial charge in [0.25, 0.3) is 5.91 Å². The first-order valence-corrected chi connectivity index (χ1v) is 7.98. The van der Waals surface area contributed by atoms with Crippen molar-refractivity contribution in [2.75, 3.05) is 27.2 Å². The summed E-state index contributed by atoms with van der Waals surface area (Å²) in [6.45, 7) is 3.28. The van der Waals surface area contributed by atoms with Gasteiger partial charge in [-0.05, 0) is 52.0 Å². The van der Waals surface area contributed by atoms with Crippen LogP contribution in [0.4, 0.5) is 13.2 Å². The molecule has 1 fully saturated rings. The van der Waals surface area contributed by atoms with E-state index in [0.717, 1.165) is 32.0 Å². The molecule has 0 aliphatic carbocycles. The zero-order valence-electron chi connectivity index (χ0n) is 14.1. The van der Waals surface area contributed by atoms with E-state index in [0.29, 0.717) is 0 Å². The lowest BCUT2D eigenvalue weighted by Gasteiger charge is -2.36. The Bertz CT molecular complexity index is 569. The van der Waals surface area contributed by atoms with Crippen molar-refractivity contribution in [1.29, 1.82) is 0 Å². The Morgan fingerprint density at radius 3 is 2.46 bits per heavy atom. The van der Waals surface area contributed by atoms with Crippen molar-refractivity contribution < 1.29 is 22.7 Å². The van der Waals surface area contributed by atoms with Gasteiger partial charge in [-0.1, -0.05) is 12.1 Å². The minimum Gasteiger partial charge on any atom is -0.480 e. The number of carbonyl (C=O) groups is 1. The van der Waals surface area contributed by atoms with E-state index in [2.05, 4.69) is 4.90 Å². The molecule has 1 aromatic carbocycles. The molecule has 1 aromatic rings. The maximum absolute atomic E-state index is 13.0. The zero-order valence-corrected chi connectivity index (χ0v) is 14.1. The van der Waals surface area contributed by atoms with Crippen molar-refractivity contribution in [2.24, 2.45) is 0 Å². The lowest BCUT2D eigenvalue weighted by molar-refractivity contribution is -0.144. The van der Waals surface area contributed by atoms with Crippen LogP contribution in [-0.2, 0) is 11.0 Å². The molecule has 0 N–H and O–H groups in total. The fourth-order valence-corrected chi connectivity index (χ4v) is 2.89. The molecular weight excluding hydrogens is 321 g/mol. The number of rotatable bonds is 4. The van der Waals surface area contributed by atoms with Crippen LogP contribution in [0.5, 0.6) is 5.75 Å². The minimum atomic E-state index is -4.51. The van der Waals surface area contributed by atoms with Crippen molar-refractivity contribution in [3.63, 3.8) is 0 Å². The van der Waals surface area contributed by atoms with E-state index in [-0.39, 0.29) is 17.7 Å². The average molecular weight is 344 g/mol. The number of benzene rings is 1. The van der Waals surface area contributed by atoms with E-state index in [1.165, 1.54) is 25.1 Å². The molecule has 0 unspecified atom stereocenters. The largest absolute Gasteiger partial charge is 0.480 e. The molecule has 1 aliphatic heterocycles. The second kappa shape index (κ2) is 7.42. The molecule has 4 nitrogen and oxygen atoms in total. The molecule has 1 amide bonds. The summed E-state index contributed by atoms with van der Waals surface area (Å²) >= 11 is 0. The highest BCUT2D eigenvalue weighted by Crippen LogP contribution is 2.36. The van der Waals surface area contributed by atoms with Gasteiger partial charge in [0.15, 0.2) is 6.10 Å². The minimum absolute atomic E-state index is 0.0950. The quantitative estimate of drug-likeness (QED) is 0.842. The Kier molecular flexibility index (Phi) is 5.74. The number of likely N-dealkylation sites (N-methyl/N-ethyl adjacent to an activating group) is 1. The molecule has 1 saturated heterocycles. The van der Waals surface area contributed by atoms with Crippen molar-refractivity contribution in [3.8, 4) is 5.75 Å². The van der Waals surface area contributed by atoms with Crippen LogP contribution in [0.15, 0.2) is 24.3 Å². The summed E-state index contributed by atoms with van der Waals surface area (Å²) in [7, 11) is 3.71. The predicted molar refractivity (Wildman–Crippen MR) is 84.8 cm³/mol. The molecule has 0 bridgehead atoms. The summed E-state index contributed by atoms with van der Waals surface area (Å²) in [4.78, 5) is 16.3. The summed E-state index contributed by atoms with van der Waals surface area (Å²) < 4.78 is 44.4. The van der Waals surface area contributed by atoms with E-state index < -0.39 is 17.8 Å². The number of hydrogen-bond donors (Lipinski definition) is 0. The van der Waals surface area contributed by atoms with Crippen LogP contribution in [0, 0.1) is 0 Å². The van der Waals surface area contributed by atoms with Gasteiger partial charge in [-0.3, -0.25) is 4.79 Å². The van der Waals surface area contributed by atoms with Crippen LogP contribution < -0.4 is 4.74 Å². The van der Waals surface area contributed by atoms with Crippen LogP contribution in [0.2, 0.25) is 0 Å². The number of ether oxygens (including phenoxy) is 1. The third-order valence-corrected chi connectivity index (χ3v) is 4.43. The molecule has 7 heteroatoms. The van der Waals surface area contributed by atoms with Gasteiger partial charge in [-0.25, -0.2) is 0 Å². The standard InChI is InChI=1S/C17H23F3N2O2/c1-12(16(23)22(3)13-8-10-21(2)11-9-13)24-15-7-5-4-6-14(15)17(18,19)20/h4-7,12-13H,8-11H2,1-3H3/t12-/m0/s1. The monoisotopic (exact) mass is 344 g/mol. The third kappa shape index (κ3) is 4.41. The topological polar surface area (TPSA) is 32.8 Å². The number of hydrogen-bond acceptors (Lipinski definition) is 3. The second-order valence-electron chi connectivity index (χ2n) is 6.24. The Balaban J connectivity index is 2.04. The van der Waals surface area contributed by atoms with Gasteiger partial charge in [0, 0.05) is 13.1 Å². The number of para-hydroxylation sites is 1. The Hall–Kier alpha value is -1.76. The molecule has 1 heterocycles. The first-order chi connectivity index (χ1) is 11.2. The first kappa shape index (κ1) is 18.6. The van der Waals surface area contributed by atoms with Crippen LogP contribution >= 0.6 is 0 Å². The number of carbonyl (C=O) groups excluding carboxylic acids is 1. The lowest BCUT2D eigenvalue weighted by atomic mass is 10.0. The Morgan fingerprint density at radius 2 is 1.88 bits per heavy atom. The smallest absolute Gasteiger partial charge is 0.419 e. The molecular formula is C17H23F3N2O2. The summed E-state index contributed by atoms with van der Waals surface area (Å²) in [6, 6.07) is 5.04. The predicted octanol–water partition coefficient (Wildman–Crippen LogP) is 3.03. The molecule has 0 spiro atoms. The maximum atomic E-state index is 13.0. The average Bonchev–Trinajstić information content (AvgIpc) is 2.53. The lowest BCUT2D eigenvalue weighted by Crippen LogP contribution is -2.48. The van der Waals surface area contributed by atoms with Crippen molar-refractivity contribution in [1.82, 2.24) is 9.80 Å².